The summed E-state index contributed by atoms with van der Waals surface area (Å²) in [7, 11) is 0. The van der Waals surface area contributed by atoms with E-state index in [2.05, 4.69) is 16.8 Å². The van der Waals surface area contributed by atoms with Gasteiger partial charge < -0.3 is 14.2 Å². The summed E-state index contributed by atoms with van der Waals surface area (Å²) < 4.78 is 5.80. The number of rotatable bonds is 4. The van der Waals surface area contributed by atoms with Gasteiger partial charge in [-0.25, -0.2) is 0 Å². The maximum Gasteiger partial charge on any atom is 0.289 e. The van der Waals surface area contributed by atoms with Crippen molar-refractivity contribution in [1.82, 2.24) is 4.90 Å². The summed E-state index contributed by atoms with van der Waals surface area (Å²) in [6.07, 6.45) is 0. The standard InChI is InChI=1S/C20H19ClN2O2S/c21-17-4-2-1-3-16(17)18-5-6-19(25-18)20(24)23-10-8-22(9-11-23)13-15-7-12-26-14-15/h1-7,12,14H,8-11,13H2/p+1. The van der Waals surface area contributed by atoms with Crippen LogP contribution in [0.3, 0.4) is 0 Å². The van der Waals surface area contributed by atoms with Gasteiger partial charge in [-0.15, -0.1) is 0 Å². The van der Waals surface area contributed by atoms with E-state index in [4.69, 9.17) is 16.0 Å². The van der Waals surface area contributed by atoms with Crippen LogP contribution in [0.4, 0.5) is 0 Å². The molecule has 1 aromatic carbocycles. The van der Waals surface area contributed by atoms with Crippen molar-refractivity contribution in [2.45, 2.75) is 6.54 Å². The van der Waals surface area contributed by atoms with Crippen molar-refractivity contribution < 1.29 is 14.1 Å². The normalized spacial score (nSPS) is 15.3. The summed E-state index contributed by atoms with van der Waals surface area (Å²) >= 11 is 7.95. The van der Waals surface area contributed by atoms with Crippen LogP contribution >= 0.6 is 22.9 Å². The molecule has 1 fully saturated rings. The molecule has 0 saturated carbocycles. The largest absolute Gasteiger partial charge is 0.451 e. The van der Waals surface area contributed by atoms with Gasteiger partial charge in [0, 0.05) is 11.1 Å². The highest BCUT2D eigenvalue weighted by atomic mass is 35.5. The van der Waals surface area contributed by atoms with Gasteiger partial charge in [-0.05, 0) is 41.1 Å². The van der Waals surface area contributed by atoms with E-state index in [1.807, 2.05) is 35.2 Å². The zero-order chi connectivity index (χ0) is 17.9. The highest BCUT2D eigenvalue weighted by molar-refractivity contribution is 7.07. The number of quaternary nitrogens is 1. The van der Waals surface area contributed by atoms with E-state index in [9.17, 15) is 4.79 Å². The van der Waals surface area contributed by atoms with Crippen LogP contribution in [0.1, 0.15) is 16.1 Å². The molecule has 26 heavy (non-hydrogen) atoms. The number of halogens is 1. The van der Waals surface area contributed by atoms with Crippen LogP contribution in [0.5, 0.6) is 0 Å². The number of nitrogens with one attached hydrogen (secondary N) is 1. The Hall–Kier alpha value is -2.08. The molecule has 0 spiro atoms. The van der Waals surface area contributed by atoms with Crippen molar-refractivity contribution in [3.05, 3.63) is 69.6 Å². The quantitative estimate of drug-likeness (QED) is 0.746. The molecule has 2 aromatic heterocycles. The Labute approximate surface area is 161 Å². The molecule has 4 rings (SSSR count). The molecular weight excluding hydrogens is 368 g/mol. The van der Waals surface area contributed by atoms with E-state index >= 15 is 0 Å². The summed E-state index contributed by atoms with van der Waals surface area (Å²) in [5.41, 5.74) is 2.18. The van der Waals surface area contributed by atoms with Gasteiger partial charge in [0.05, 0.1) is 31.2 Å². The second-order valence-electron chi connectivity index (χ2n) is 6.49. The summed E-state index contributed by atoms with van der Waals surface area (Å²) in [6, 6.07) is 13.2. The Balaban J connectivity index is 1.39. The Morgan fingerprint density at radius 2 is 1.96 bits per heavy atom. The summed E-state index contributed by atoms with van der Waals surface area (Å²) in [6.45, 7) is 4.45. The molecule has 134 valence electrons. The molecule has 0 aliphatic carbocycles. The van der Waals surface area contributed by atoms with E-state index in [1.165, 1.54) is 10.5 Å². The van der Waals surface area contributed by atoms with Crippen molar-refractivity contribution >= 4 is 28.8 Å². The highest BCUT2D eigenvalue weighted by Crippen LogP contribution is 2.29. The second kappa shape index (κ2) is 7.66. The third-order valence-electron chi connectivity index (χ3n) is 4.75. The lowest BCUT2D eigenvalue weighted by Gasteiger charge is -2.31. The maximum absolute atomic E-state index is 12.7. The van der Waals surface area contributed by atoms with Crippen LogP contribution in [-0.4, -0.2) is 37.0 Å². The molecule has 1 N–H and O–H groups in total. The Morgan fingerprint density at radius 1 is 1.15 bits per heavy atom. The molecular formula is C20H20ClN2O2S+. The zero-order valence-corrected chi connectivity index (χ0v) is 15.9. The molecule has 0 bridgehead atoms. The van der Waals surface area contributed by atoms with Gasteiger partial charge in [-0.3, -0.25) is 4.79 Å². The van der Waals surface area contributed by atoms with Crippen LogP contribution in [0.25, 0.3) is 11.3 Å². The fraction of sp³-hybridized carbons (Fsp3) is 0.250. The minimum absolute atomic E-state index is 0.0436. The van der Waals surface area contributed by atoms with Gasteiger partial charge in [0.15, 0.2) is 5.76 Å². The molecule has 0 unspecified atom stereocenters. The van der Waals surface area contributed by atoms with Crippen molar-refractivity contribution in [3.8, 4) is 11.3 Å². The third-order valence-corrected chi connectivity index (χ3v) is 5.81. The molecule has 3 aromatic rings. The average Bonchev–Trinajstić information content (AvgIpc) is 3.34. The topological polar surface area (TPSA) is 37.9 Å². The first-order valence-corrected chi connectivity index (χ1v) is 10.0. The van der Waals surface area contributed by atoms with Gasteiger partial charge in [0.2, 0.25) is 0 Å². The van der Waals surface area contributed by atoms with Crippen molar-refractivity contribution in [2.75, 3.05) is 26.2 Å². The molecule has 1 aliphatic heterocycles. The number of hydrogen-bond acceptors (Lipinski definition) is 3. The number of furan rings is 1. The molecule has 0 atom stereocenters. The summed E-state index contributed by atoms with van der Waals surface area (Å²) in [5, 5.41) is 4.93. The molecule has 1 aliphatic rings. The fourth-order valence-corrected chi connectivity index (χ4v) is 4.20. The average molecular weight is 388 g/mol. The number of carbonyl (C=O) groups excluding carboxylic acids is 1. The molecule has 4 nitrogen and oxygen atoms in total. The van der Waals surface area contributed by atoms with Crippen molar-refractivity contribution in [1.29, 1.82) is 0 Å². The van der Waals surface area contributed by atoms with E-state index in [0.29, 0.717) is 16.5 Å². The lowest BCUT2D eigenvalue weighted by Crippen LogP contribution is -3.13. The maximum atomic E-state index is 12.7. The van der Waals surface area contributed by atoms with Crippen molar-refractivity contribution in [2.24, 2.45) is 0 Å². The van der Waals surface area contributed by atoms with E-state index < -0.39 is 0 Å². The van der Waals surface area contributed by atoms with Crippen molar-refractivity contribution in [3.63, 3.8) is 0 Å². The third kappa shape index (κ3) is 3.70. The fourth-order valence-electron chi connectivity index (χ4n) is 3.30. The van der Waals surface area contributed by atoms with Gasteiger partial charge in [0.25, 0.3) is 5.91 Å². The number of nitrogens with zero attached hydrogens (tertiary/aromatic N) is 1. The molecule has 1 amide bonds. The highest BCUT2D eigenvalue weighted by Gasteiger charge is 2.26. The van der Waals surface area contributed by atoms with Gasteiger partial charge in [-0.2, -0.15) is 11.3 Å². The van der Waals surface area contributed by atoms with Crippen LogP contribution in [0, 0.1) is 0 Å². The Morgan fingerprint density at radius 3 is 2.69 bits per heavy atom. The van der Waals surface area contributed by atoms with Gasteiger partial charge in [0.1, 0.15) is 12.3 Å². The van der Waals surface area contributed by atoms with E-state index in [-0.39, 0.29) is 5.91 Å². The van der Waals surface area contributed by atoms with Crippen LogP contribution in [0.15, 0.2) is 57.6 Å². The van der Waals surface area contributed by atoms with Crippen LogP contribution in [0.2, 0.25) is 5.02 Å². The van der Waals surface area contributed by atoms with Gasteiger partial charge >= 0.3 is 0 Å². The number of hydrogen-bond donors (Lipinski definition) is 1. The minimum Gasteiger partial charge on any atom is -0.451 e. The van der Waals surface area contributed by atoms with Crippen LogP contribution < -0.4 is 4.90 Å². The summed E-state index contributed by atoms with van der Waals surface area (Å²) in [5.74, 6) is 0.958. The Bertz CT molecular complexity index is 883. The van der Waals surface area contributed by atoms with E-state index in [1.54, 1.807) is 17.4 Å². The lowest BCUT2D eigenvalue weighted by molar-refractivity contribution is -0.917. The number of amides is 1. The van der Waals surface area contributed by atoms with Crippen LogP contribution in [-0.2, 0) is 6.54 Å². The number of carbonyl (C=O) groups is 1. The minimum atomic E-state index is -0.0436. The zero-order valence-electron chi connectivity index (χ0n) is 14.3. The Kier molecular flexibility index (Phi) is 5.11. The molecule has 3 heterocycles. The molecule has 1 saturated heterocycles. The van der Waals surface area contributed by atoms with E-state index in [0.717, 1.165) is 38.3 Å². The lowest BCUT2D eigenvalue weighted by atomic mass is 10.2. The first-order valence-electron chi connectivity index (χ1n) is 8.69. The van der Waals surface area contributed by atoms with Gasteiger partial charge in [-0.1, -0.05) is 23.7 Å². The second-order valence-corrected chi connectivity index (χ2v) is 7.68. The number of benzene rings is 1. The smallest absolute Gasteiger partial charge is 0.289 e. The first kappa shape index (κ1) is 17.3. The SMILES string of the molecule is O=C(c1ccc(-c2ccccc2Cl)o1)N1CC[NH+](Cc2ccsc2)CC1. The summed E-state index contributed by atoms with van der Waals surface area (Å²) in [4.78, 5) is 16.1. The number of thiophene rings is 1. The molecule has 6 heteroatoms. The first-order chi connectivity index (χ1) is 12.7. The predicted octanol–water partition coefficient (Wildman–Crippen LogP) is 3.20. The molecule has 0 radical (unpaired) electrons. The predicted molar refractivity (Wildman–Crippen MR) is 104 cm³/mol. The number of piperazine rings is 1. The monoisotopic (exact) mass is 387 g/mol.